The van der Waals surface area contributed by atoms with Crippen LogP contribution in [0.1, 0.15) is 0 Å². The van der Waals surface area contributed by atoms with Gasteiger partial charge < -0.3 is 15.2 Å². The van der Waals surface area contributed by atoms with Gasteiger partial charge in [-0.25, -0.2) is 0 Å². The number of β-amino-alcohol motifs (C(OH)–C–C–N with tert-alkyl or cyclic N) is 1. The number of carbonyl (C=O) groups is 1. The molecular formula is C13H18N2O3. The number of para-hydroxylation sites is 1. The number of amides is 1. The van der Waals surface area contributed by atoms with Gasteiger partial charge in [-0.1, -0.05) is 18.2 Å². The first-order chi connectivity index (χ1) is 8.74. The highest BCUT2D eigenvalue weighted by atomic mass is 16.5. The Morgan fingerprint density at radius 3 is 2.78 bits per heavy atom. The van der Waals surface area contributed by atoms with E-state index in [1.807, 2.05) is 35.2 Å². The molecule has 0 unspecified atom stereocenters. The standard InChI is InChI=1S/C13H18N2O3/c16-11-8-15(9-11)10-13(17)14-6-7-18-12-4-2-1-3-5-12/h1-5,11,16H,6-10H2,(H,14,17). The highest BCUT2D eigenvalue weighted by molar-refractivity contribution is 5.78. The van der Waals surface area contributed by atoms with Crippen LogP contribution in [-0.2, 0) is 4.79 Å². The summed E-state index contributed by atoms with van der Waals surface area (Å²) < 4.78 is 5.45. The fourth-order valence-electron chi connectivity index (χ4n) is 1.81. The van der Waals surface area contributed by atoms with Crippen LogP contribution < -0.4 is 10.1 Å². The molecule has 5 heteroatoms. The minimum absolute atomic E-state index is 0.0291. The van der Waals surface area contributed by atoms with Gasteiger partial charge in [0.25, 0.3) is 0 Å². The molecule has 1 heterocycles. The molecule has 0 bridgehead atoms. The molecule has 5 nitrogen and oxygen atoms in total. The quantitative estimate of drug-likeness (QED) is 0.690. The van der Waals surface area contributed by atoms with Crippen molar-refractivity contribution in [3.8, 4) is 5.75 Å². The SMILES string of the molecule is O=C(CN1CC(O)C1)NCCOc1ccccc1. The van der Waals surface area contributed by atoms with Gasteiger partial charge in [0.05, 0.1) is 19.2 Å². The summed E-state index contributed by atoms with van der Waals surface area (Å²) in [5, 5.41) is 11.9. The highest BCUT2D eigenvalue weighted by Gasteiger charge is 2.25. The van der Waals surface area contributed by atoms with Gasteiger partial charge in [-0.05, 0) is 12.1 Å². The van der Waals surface area contributed by atoms with Crippen LogP contribution in [0.4, 0.5) is 0 Å². The highest BCUT2D eigenvalue weighted by Crippen LogP contribution is 2.07. The maximum Gasteiger partial charge on any atom is 0.234 e. The molecule has 0 spiro atoms. The van der Waals surface area contributed by atoms with Gasteiger partial charge >= 0.3 is 0 Å². The first-order valence-electron chi connectivity index (χ1n) is 6.09. The number of carbonyl (C=O) groups excluding carboxylic acids is 1. The van der Waals surface area contributed by atoms with Crippen LogP contribution in [0, 0.1) is 0 Å². The Morgan fingerprint density at radius 1 is 1.39 bits per heavy atom. The molecular weight excluding hydrogens is 232 g/mol. The molecule has 1 aromatic rings. The number of nitrogens with zero attached hydrogens (tertiary/aromatic N) is 1. The molecule has 1 amide bonds. The molecule has 1 fully saturated rings. The first-order valence-corrected chi connectivity index (χ1v) is 6.09. The molecule has 0 radical (unpaired) electrons. The van der Waals surface area contributed by atoms with Gasteiger partial charge in [-0.3, -0.25) is 9.69 Å². The topological polar surface area (TPSA) is 61.8 Å². The van der Waals surface area contributed by atoms with E-state index in [4.69, 9.17) is 9.84 Å². The summed E-state index contributed by atoms with van der Waals surface area (Å²) in [5.74, 6) is 0.774. The third-order valence-corrected chi connectivity index (χ3v) is 2.74. The summed E-state index contributed by atoms with van der Waals surface area (Å²) >= 11 is 0. The predicted octanol–water partition coefficient (Wildman–Crippen LogP) is -0.142. The molecule has 0 aromatic heterocycles. The molecule has 1 saturated heterocycles. The van der Waals surface area contributed by atoms with E-state index in [9.17, 15) is 4.79 Å². The second-order valence-corrected chi connectivity index (χ2v) is 4.36. The lowest BCUT2D eigenvalue weighted by Gasteiger charge is -2.34. The largest absolute Gasteiger partial charge is 0.492 e. The van der Waals surface area contributed by atoms with Crippen molar-refractivity contribution in [1.29, 1.82) is 0 Å². The average molecular weight is 250 g/mol. The third-order valence-electron chi connectivity index (χ3n) is 2.74. The predicted molar refractivity (Wildman–Crippen MR) is 67.4 cm³/mol. The van der Waals surface area contributed by atoms with E-state index in [1.165, 1.54) is 0 Å². The van der Waals surface area contributed by atoms with Gasteiger partial charge in [0, 0.05) is 13.1 Å². The number of likely N-dealkylation sites (tertiary alicyclic amines) is 1. The molecule has 18 heavy (non-hydrogen) atoms. The van der Waals surface area contributed by atoms with E-state index in [-0.39, 0.29) is 12.0 Å². The van der Waals surface area contributed by atoms with Gasteiger partial charge in [0.15, 0.2) is 0 Å². The van der Waals surface area contributed by atoms with Crippen LogP contribution in [0.15, 0.2) is 30.3 Å². The number of rotatable bonds is 6. The molecule has 1 aliphatic rings. The molecule has 1 aliphatic heterocycles. The summed E-state index contributed by atoms with van der Waals surface area (Å²) in [7, 11) is 0. The Hall–Kier alpha value is -1.59. The van der Waals surface area contributed by atoms with E-state index in [0.717, 1.165) is 5.75 Å². The zero-order valence-electron chi connectivity index (χ0n) is 10.2. The van der Waals surface area contributed by atoms with Crippen molar-refractivity contribution in [3.05, 3.63) is 30.3 Å². The van der Waals surface area contributed by atoms with Crippen LogP contribution in [0.2, 0.25) is 0 Å². The molecule has 0 aliphatic carbocycles. The fraction of sp³-hybridized carbons (Fsp3) is 0.462. The zero-order valence-corrected chi connectivity index (χ0v) is 10.2. The average Bonchev–Trinajstić information content (AvgIpc) is 2.34. The lowest BCUT2D eigenvalue weighted by molar-refractivity contribution is -0.125. The van der Waals surface area contributed by atoms with Crippen molar-refractivity contribution >= 4 is 5.91 Å². The number of aliphatic hydroxyl groups is 1. The lowest BCUT2D eigenvalue weighted by Crippen LogP contribution is -2.54. The zero-order chi connectivity index (χ0) is 12.8. The monoisotopic (exact) mass is 250 g/mol. The van der Waals surface area contributed by atoms with Crippen molar-refractivity contribution in [3.63, 3.8) is 0 Å². The molecule has 0 atom stereocenters. The van der Waals surface area contributed by atoms with Gasteiger partial charge in [-0.15, -0.1) is 0 Å². The maximum atomic E-state index is 11.5. The number of benzene rings is 1. The Labute approximate surface area is 106 Å². The van der Waals surface area contributed by atoms with Gasteiger partial charge in [-0.2, -0.15) is 0 Å². The Morgan fingerprint density at radius 2 is 2.11 bits per heavy atom. The van der Waals surface area contributed by atoms with Crippen molar-refractivity contribution in [2.45, 2.75) is 6.10 Å². The van der Waals surface area contributed by atoms with E-state index < -0.39 is 0 Å². The molecule has 2 rings (SSSR count). The van der Waals surface area contributed by atoms with Crippen molar-refractivity contribution in [1.82, 2.24) is 10.2 Å². The first kappa shape index (κ1) is 12.9. The van der Waals surface area contributed by atoms with Crippen LogP contribution in [0.25, 0.3) is 0 Å². The molecule has 0 saturated carbocycles. The Balaban J connectivity index is 1.54. The van der Waals surface area contributed by atoms with Crippen LogP contribution in [0.3, 0.4) is 0 Å². The number of hydrogen-bond acceptors (Lipinski definition) is 4. The van der Waals surface area contributed by atoms with E-state index in [1.54, 1.807) is 0 Å². The van der Waals surface area contributed by atoms with E-state index in [0.29, 0.717) is 32.8 Å². The summed E-state index contributed by atoms with van der Waals surface area (Å²) in [6.45, 7) is 2.48. The van der Waals surface area contributed by atoms with Crippen molar-refractivity contribution in [2.75, 3.05) is 32.8 Å². The molecule has 2 N–H and O–H groups in total. The van der Waals surface area contributed by atoms with Crippen LogP contribution in [-0.4, -0.2) is 54.8 Å². The number of hydrogen-bond donors (Lipinski definition) is 2. The molecule has 1 aromatic carbocycles. The summed E-state index contributed by atoms with van der Waals surface area (Å²) in [5.41, 5.74) is 0. The minimum Gasteiger partial charge on any atom is -0.492 e. The summed E-state index contributed by atoms with van der Waals surface area (Å²) in [4.78, 5) is 13.4. The second kappa shape index (κ2) is 6.37. The fourth-order valence-corrected chi connectivity index (χ4v) is 1.81. The van der Waals surface area contributed by atoms with Crippen molar-refractivity contribution < 1.29 is 14.6 Å². The van der Waals surface area contributed by atoms with Gasteiger partial charge in [0.1, 0.15) is 12.4 Å². The van der Waals surface area contributed by atoms with Crippen LogP contribution >= 0.6 is 0 Å². The lowest BCUT2D eigenvalue weighted by atomic mass is 10.2. The Kier molecular flexibility index (Phi) is 4.55. The normalized spacial score (nSPS) is 16.1. The number of ether oxygens (including phenoxy) is 1. The van der Waals surface area contributed by atoms with E-state index in [2.05, 4.69) is 5.32 Å². The second-order valence-electron chi connectivity index (χ2n) is 4.36. The summed E-state index contributed by atoms with van der Waals surface area (Å²) in [6.07, 6.45) is -0.265. The maximum absolute atomic E-state index is 11.5. The van der Waals surface area contributed by atoms with E-state index >= 15 is 0 Å². The molecule has 98 valence electrons. The summed E-state index contributed by atoms with van der Waals surface area (Å²) in [6, 6.07) is 9.49. The van der Waals surface area contributed by atoms with Gasteiger partial charge in [0.2, 0.25) is 5.91 Å². The smallest absolute Gasteiger partial charge is 0.234 e. The minimum atomic E-state index is -0.265. The number of nitrogens with one attached hydrogen (secondary N) is 1. The third kappa shape index (κ3) is 4.01. The van der Waals surface area contributed by atoms with Crippen molar-refractivity contribution in [2.24, 2.45) is 0 Å². The Bertz CT molecular complexity index is 377. The van der Waals surface area contributed by atoms with Crippen LogP contribution in [0.5, 0.6) is 5.75 Å². The number of aliphatic hydroxyl groups excluding tert-OH is 1.